The summed E-state index contributed by atoms with van der Waals surface area (Å²) in [6.45, 7) is 0.626. The minimum absolute atomic E-state index is 0.484. The second-order valence-corrected chi connectivity index (χ2v) is 5.25. The van der Waals surface area contributed by atoms with Gasteiger partial charge >= 0.3 is 6.09 Å². The molecule has 1 amide bonds. The number of aromatic amines is 1. The predicted molar refractivity (Wildman–Crippen MR) is 76.9 cm³/mol. The van der Waals surface area contributed by atoms with Crippen molar-refractivity contribution in [1.29, 1.82) is 0 Å². The minimum atomic E-state index is -0.484. The summed E-state index contributed by atoms with van der Waals surface area (Å²) in [5.41, 5.74) is 2.11. The molecule has 20 heavy (non-hydrogen) atoms. The maximum absolute atomic E-state index is 11.2. The lowest BCUT2D eigenvalue weighted by atomic mass is 10.1. The van der Waals surface area contributed by atoms with E-state index in [9.17, 15) is 4.79 Å². The number of fused-ring (bicyclic) bond motifs is 1. The molecule has 0 aliphatic carbocycles. The van der Waals surface area contributed by atoms with Gasteiger partial charge in [0.25, 0.3) is 0 Å². The molecule has 1 aliphatic rings. The third-order valence-corrected chi connectivity index (χ3v) is 3.99. The van der Waals surface area contributed by atoms with Crippen LogP contribution in [0.4, 0.5) is 9.80 Å². The Morgan fingerprint density at radius 1 is 1.65 bits per heavy atom. The summed E-state index contributed by atoms with van der Waals surface area (Å²) >= 11 is 1.47. The van der Waals surface area contributed by atoms with Gasteiger partial charge in [0, 0.05) is 12.5 Å². The van der Waals surface area contributed by atoms with E-state index in [4.69, 9.17) is 4.74 Å². The van der Waals surface area contributed by atoms with Crippen LogP contribution in [0, 0.1) is 0 Å². The second-order valence-electron chi connectivity index (χ2n) is 4.20. The summed E-state index contributed by atoms with van der Waals surface area (Å²) in [5.74, 6) is 0.790. The van der Waals surface area contributed by atoms with Crippen LogP contribution in [0.3, 0.4) is 0 Å². The highest BCUT2D eigenvalue weighted by Gasteiger charge is 2.20. The van der Waals surface area contributed by atoms with E-state index in [0.717, 1.165) is 22.7 Å². The standard InChI is InChI=1S/C13H13N3O3S/c1-18-13(17)16-11-5-10-12(20-11)8(2-3-19-10)4-9-6-14-7-15-9/h4-7H,2-3H2,1H3,(H,14,15)(H,16,17)/b8-4+. The van der Waals surface area contributed by atoms with Gasteiger partial charge in [0.1, 0.15) is 10.8 Å². The van der Waals surface area contributed by atoms with Crippen molar-refractivity contribution in [2.24, 2.45) is 0 Å². The zero-order chi connectivity index (χ0) is 13.9. The van der Waals surface area contributed by atoms with Crippen LogP contribution < -0.4 is 10.1 Å². The van der Waals surface area contributed by atoms with Crippen LogP contribution >= 0.6 is 11.3 Å². The summed E-state index contributed by atoms with van der Waals surface area (Å²) in [4.78, 5) is 19.3. The first-order chi connectivity index (χ1) is 9.76. The van der Waals surface area contributed by atoms with E-state index < -0.39 is 6.09 Å². The van der Waals surface area contributed by atoms with Gasteiger partial charge in [-0.05, 0) is 11.6 Å². The third-order valence-electron chi connectivity index (χ3n) is 2.88. The van der Waals surface area contributed by atoms with E-state index >= 15 is 0 Å². The van der Waals surface area contributed by atoms with Crippen LogP contribution in [0.5, 0.6) is 5.75 Å². The quantitative estimate of drug-likeness (QED) is 0.892. The predicted octanol–water partition coefficient (Wildman–Crippen LogP) is 2.97. The van der Waals surface area contributed by atoms with Crippen molar-refractivity contribution in [2.45, 2.75) is 6.42 Å². The molecule has 3 rings (SSSR count). The second kappa shape index (κ2) is 5.38. The van der Waals surface area contributed by atoms with Gasteiger partial charge in [-0.15, -0.1) is 11.3 Å². The van der Waals surface area contributed by atoms with Gasteiger partial charge in [-0.1, -0.05) is 0 Å². The van der Waals surface area contributed by atoms with Gasteiger partial charge in [0.05, 0.1) is 36.8 Å². The number of nitrogens with one attached hydrogen (secondary N) is 2. The average Bonchev–Trinajstić information content (AvgIpc) is 3.08. The van der Waals surface area contributed by atoms with E-state index in [-0.39, 0.29) is 0 Å². The molecule has 7 heteroatoms. The van der Waals surface area contributed by atoms with E-state index in [1.54, 1.807) is 12.5 Å². The summed E-state index contributed by atoms with van der Waals surface area (Å²) in [6, 6.07) is 1.82. The number of ether oxygens (including phenoxy) is 2. The monoisotopic (exact) mass is 291 g/mol. The van der Waals surface area contributed by atoms with Crippen LogP contribution in [0.25, 0.3) is 11.6 Å². The molecule has 6 nitrogen and oxygen atoms in total. The molecule has 0 atom stereocenters. The number of amides is 1. The molecule has 0 unspecified atom stereocenters. The van der Waals surface area contributed by atoms with Crippen molar-refractivity contribution in [2.75, 3.05) is 19.0 Å². The van der Waals surface area contributed by atoms with Crippen LogP contribution in [-0.4, -0.2) is 29.8 Å². The first kappa shape index (κ1) is 12.7. The largest absolute Gasteiger partial charge is 0.492 e. The number of hydrogen-bond acceptors (Lipinski definition) is 5. The van der Waals surface area contributed by atoms with E-state index in [2.05, 4.69) is 20.0 Å². The molecular weight excluding hydrogens is 278 g/mol. The molecular formula is C13H13N3O3S. The van der Waals surface area contributed by atoms with Gasteiger partial charge in [-0.2, -0.15) is 0 Å². The highest BCUT2D eigenvalue weighted by atomic mass is 32.1. The Morgan fingerprint density at radius 3 is 3.30 bits per heavy atom. The Kier molecular flexibility index (Phi) is 3.42. The van der Waals surface area contributed by atoms with Crippen molar-refractivity contribution in [3.63, 3.8) is 0 Å². The van der Waals surface area contributed by atoms with Gasteiger partial charge in [-0.3, -0.25) is 5.32 Å². The number of imidazole rings is 1. The molecule has 0 radical (unpaired) electrons. The zero-order valence-corrected chi connectivity index (χ0v) is 11.6. The van der Waals surface area contributed by atoms with Crippen molar-refractivity contribution < 1.29 is 14.3 Å². The molecule has 104 valence electrons. The third kappa shape index (κ3) is 2.53. The number of hydrogen-bond donors (Lipinski definition) is 2. The highest BCUT2D eigenvalue weighted by Crippen LogP contribution is 2.42. The molecule has 0 bridgehead atoms. The van der Waals surface area contributed by atoms with E-state index in [0.29, 0.717) is 11.6 Å². The van der Waals surface area contributed by atoms with Gasteiger partial charge in [-0.25, -0.2) is 9.78 Å². The SMILES string of the molecule is COC(=O)Nc1cc2c(s1)/C(=C/c1cnc[nH]1)CCO2. The summed E-state index contributed by atoms with van der Waals surface area (Å²) in [7, 11) is 1.34. The molecule has 0 aromatic carbocycles. The molecule has 2 N–H and O–H groups in total. The Bertz CT molecular complexity index is 646. The summed E-state index contributed by atoms with van der Waals surface area (Å²) in [6.07, 6.45) is 5.80. The molecule has 1 aliphatic heterocycles. The number of thiophene rings is 1. The number of carbonyl (C=O) groups is 1. The molecule has 0 saturated carbocycles. The van der Waals surface area contributed by atoms with Crippen LogP contribution in [0.15, 0.2) is 18.6 Å². The topological polar surface area (TPSA) is 76.2 Å². The Hall–Kier alpha value is -2.28. The van der Waals surface area contributed by atoms with Gasteiger partial charge in [0.2, 0.25) is 0 Å². The fraction of sp³-hybridized carbons (Fsp3) is 0.231. The number of carbonyl (C=O) groups excluding carboxylic acids is 1. The Balaban J connectivity index is 1.90. The first-order valence-electron chi connectivity index (χ1n) is 6.07. The number of nitrogens with zero attached hydrogens (tertiary/aromatic N) is 1. The highest BCUT2D eigenvalue weighted by molar-refractivity contribution is 7.17. The fourth-order valence-electron chi connectivity index (χ4n) is 1.97. The number of rotatable bonds is 2. The summed E-state index contributed by atoms with van der Waals surface area (Å²) < 4.78 is 10.2. The van der Waals surface area contributed by atoms with E-state index in [1.807, 2.05) is 12.1 Å². The van der Waals surface area contributed by atoms with Crippen LogP contribution in [0.2, 0.25) is 0 Å². The fourth-order valence-corrected chi connectivity index (χ4v) is 3.00. The van der Waals surface area contributed by atoms with Crippen molar-refractivity contribution >= 4 is 34.1 Å². The van der Waals surface area contributed by atoms with Gasteiger partial charge < -0.3 is 14.5 Å². The molecule has 0 saturated heterocycles. The Labute approximate surface area is 119 Å². The summed E-state index contributed by atoms with van der Waals surface area (Å²) in [5, 5.41) is 3.37. The molecule has 0 spiro atoms. The van der Waals surface area contributed by atoms with Crippen molar-refractivity contribution in [1.82, 2.24) is 9.97 Å². The van der Waals surface area contributed by atoms with Crippen molar-refractivity contribution in [3.05, 3.63) is 29.2 Å². The first-order valence-corrected chi connectivity index (χ1v) is 6.89. The zero-order valence-electron chi connectivity index (χ0n) is 10.8. The average molecular weight is 291 g/mol. The number of aromatic nitrogens is 2. The van der Waals surface area contributed by atoms with Crippen molar-refractivity contribution in [3.8, 4) is 5.75 Å². The van der Waals surface area contributed by atoms with Crippen LogP contribution in [-0.2, 0) is 4.74 Å². The maximum atomic E-state index is 11.2. The van der Waals surface area contributed by atoms with Crippen LogP contribution in [0.1, 0.15) is 17.0 Å². The molecule has 3 heterocycles. The number of methoxy groups -OCH3 is 1. The smallest absolute Gasteiger partial charge is 0.411 e. The lowest BCUT2D eigenvalue weighted by Gasteiger charge is -2.15. The number of anilines is 1. The normalized spacial score (nSPS) is 15.6. The van der Waals surface area contributed by atoms with E-state index in [1.165, 1.54) is 24.0 Å². The molecule has 2 aromatic rings. The lowest BCUT2D eigenvalue weighted by Crippen LogP contribution is -2.09. The number of H-pyrrole nitrogens is 1. The Morgan fingerprint density at radius 2 is 2.55 bits per heavy atom. The van der Waals surface area contributed by atoms with Gasteiger partial charge in [0.15, 0.2) is 0 Å². The lowest BCUT2D eigenvalue weighted by molar-refractivity contribution is 0.187. The maximum Gasteiger partial charge on any atom is 0.411 e. The molecule has 2 aromatic heterocycles. The minimum Gasteiger partial charge on any atom is -0.492 e. The molecule has 0 fully saturated rings.